The van der Waals surface area contributed by atoms with E-state index in [1.807, 2.05) is 0 Å². The molecule has 2 atom stereocenters. The molecule has 1 aliphatic heterocycles. The highest BCUT2D eigenvalue weighted by atomic mass is 16.5. The highest BCUT2D eigenvalue weighted by Crippen LogP contribution is 2.06. The Balaban J connectivity index is 2.24. The highest BCUT2D eigenvalue weighted by Gasteiger charge is 2.15. The molecule has 4 nitrogen and oxygen atoms in total. The van der Waals surface area contributed by atoms with Gasteiger partial charge in [-0.25, -0.2) is 0 Å². The van der Waals surface area contributed by atoms with Crippen LogP contribution in [0, 0.1) is 0 Å². The van der Waals surface area contributed by atoms with Crippen LogP contribution < -0.4 is 0 Å². The lowest BCUT2D eigenvalue weighted by atomic mass is 10.2. The van der Waals surface area contributed by atoms with Gasteiger partial charge in [-0.05, 0) is 12.8 Å². The molecule has 0 amide bonds. The second-order valence-electron chi connectivity index (χ2n) is 2.99. The van der Waals surface area contributed by atoms with E-state index in [-0.39, 0.29) is 12.7 Å². The number of hydrogen-bond acceptors (Lipinski definition) is 4. The van der Waals surface area contributed by atoms with Crippen molar-refractivity contribution in [3.8, 4) is 0 Å². The molecule has 1 heterocycles. The van der Waals surface area contributed by atoms with Crippen LogP contribution in [-0.4, -0.2) is 48.8 Å². The molecule has 1 saturated heterocycles. The fourth-order valence-corrected chi connectivity index (χ4v) is 1.12. The molecule has 1 fully saturated rings. The maximum Gasteiger partial charge on any atom is 0.0831 e. The minimum Gasteiger partial charge on any atom is -0.396 e. The molecule has 0 radical (unpaired) electrons. The molecule has 0 aromatic rings. The quantitative estimate of drug-likeness (QED) is 0.597. The Hall–Kier alpha value is -0.160. The molecule has 0 unspecified atom stereocenters. The van der Waals surface area contributed by atoms with Crippen LogP contribution in [0.2, 0.25) is 0 Å². The van der Waals surface area contributed by atoms with Gasteiger partial charge in [0.25, 0.3) is 0 Å². The first-order valence-corrected chi connectivity index (χ1v) is 4.31. The van der Waals surface area contributed by atoms with Crippen LogP contribution in [-0.2, 0) is 9.47 Å². The Morgan fingerprint density at radius 3 is 2.92 bits per heavy atom. The Morgan fingerprint density at radius 1 is 1.33 bits per heavy atom. The van der Waals surface area contributed by atoms with Crippen molar-refractivity contribution in [3.63, 3.8) is 0 Å². The summed E-state index contributed by atoms with van der Waals surface area (Å²) in [4.78, 5) is 0. The predicted molar refractivity (Wildman–Crippen MR) is 42.9 cm³/mol. The molecule has 0 aliphatic carbocycles. The second-order valence-corrected chi connectivity index (χ2v) is 2.99. The van der Waals surface area contributed by atoms with Crippen molar-refractivity contribution in [2.45, 2.75) is 25.0 Å². The smallest absolute Gasteiger partial charge is 0.0831 e. The summed E-state index contributed by atoms with van der Waals surface area (Å²) in [6, 6.07) is 0. The molecule has 0 spiro atoms. The van der Waals surface area contributed by atoms with Gasteiger partial charge in [-0.1, -0.05) is 0 Å². The van der Waals surface area contributed by atoms with Gasteiger partial charge in [0, 0.05) is 13.2 Å². The summed E-state index contributed by atoms with van der Waals surface area (Å²) in [5.74, 6) is 0. The third kappa shape index (κ3) is 3.49. The maximum absolute atomic E-state index is 9.23. The van der Waals surface area contributed by atoms with Gasteiger partial charge < -0.3 is 19.7 Å². The topological polar surface area (TPSA) is 58.9 Å². The summed E-state index contributed by atoms with van der Waals surface area (Å²) in [6.45, 7) is 1.55. The minimum absolute atomic E-state index is 0.0649. The highest BCUT2D eigenvalue weighted by molar-refractivity contribution is 4.62. The average molecular weight is 176 g/mol. The lowest BCUT2D eigenvalue weighted by Crippen LogP contribution is -2.30. The summed E-state index contributed by atoms with van der Waals surface area (Å²) in [5, 5.41) is 17.9. The first-order chi connectivity index (χ1) is 5.83. The Kier molecular flexibility index (Phi) is 4.53. The van der Waals surface area contributed by atoms with Crippen molar-refractivity contribution in [1.29, 1.82) is 0 Å². The van der Waals surface area contributed by atoms with E-state index in [9.17, 15) is 5.11 Å². The summed E-state index contributed by atoms with van der Waals surface area (Å²) in [5.41, 5.74) is 0. The lowest BCUT2D eigenvalue weighted by molar-refractivity contribution is -0.0859. The monoisotopic (exact) mass is 176 g/mol. The summed E-state index contributed by atoms with van der Waals surface area (Å²) in [7, 11) is 0. The zero-order valence-electron chi connectivity index (χ0n) is 7.11. The van der Waals surface area contributed by atoms with Crippen LogP contribution in [0.5, 0.6) is 0 Å². The normalized spacial score (nSPS) is 32.5. The summed E-state index contributed by atoms with van der Waals surface area (Å²) in [6.07, 6.45) is 0.718. The van der Waals surface area contributed by atoms with Gasteiger partial charge in [0.15, 0.2) is 0 Å². The van der Waals surface area contributed by atoms with E-state index in [2.05, 4.69) is 0 Å². The fourth-order valence-electron chi connectivity index (χ4n) is 1.12. The van der Waals surface area contributed by atoms with Crippen molar-refractivity contribution in [3.05, 3.63) is 0 Å². The first kappa shape index (κ1) is 9.92. The van der Waals surface area contributed by atoms with Crippen molar-refractivity contribution in [2.75, 3.05) is 26.4 Å². The molecule has 0 bridgehead atoms. The molecule has 1 rings (SSSR count). The number of rotatable bonds is 2. The van der Waals surface area contributed by atoms with Crippen molar-refractivity contribution in [2.24, 2.45) is 0 Å². The van der Waals surface area contributed by atoms with E-state index >= 15 is 0 Å². The van der Waals surface area contributed by atoms with E-state index in [1.54, 1.807) is 0 Å². The Labute approximate surface area is 72.1 Å². The van der Waals surface area contributed by atoms with Crippen LogP contribution in [0.3, 0.4) is 0 Å². The number of hydrogen-bond donors (Lipinski definition) is 2. The third-order valence-corrected chi connectivity index (χ3v) is 1.87. The summed E-state index contributed by atoms with van der Waals surface area (Å²) < 4.78 is 10.5. The molecule has 0 saturated carbocycles. The average Bonchev–Trinajstić information content (AvgIpc) is 2.04. The summed E-state index contributed by atoms with van der Waals surface area (Å²) >= 11 is 0. The van der Waals surface area contributed by atoms with Crippen molar-refractivity contribution >= 4 is 0 Å². The minimum atomic E-state index is -0.425. The van der Waals surface area contributed by atoms with E-state index in [0.29, 0.717) is 32.7 Å². The second kappa shape index (κ2) is 5.48. The van der Waals surface area contributed by atoms with Crippen molar-refractivity contribution in [1.82, 2.24) is 0 Å². The molecular weight excluding hydrogens is 160 g/mol. The fraction of sp³-hybridized carbons (Fsp3) is 1.00. The van der Waals surface area contributed by atoms with E-state index in [4.69, 9.17) is 14.6 Å². The van der Waals surface area contributed by atoms with Crippen LogP contribution in [0.4, 0.5) is 0 Å². The third-order valence-electron chi connectivity index (χ3n) is 1.87. The zero-order chi connectivity index (χ0) is 8.81. The van der Waals surface area contributed by atoms with Crippen LogP contribution in [0.15, 0.2) is 0 Å². The molecule has 72 valence electrons. The first-order valence-electron chi connectivity index (χ1n) is 4.31. The van der Waals surface area contributed by atoms with E-state index < -0.39 is 6.10 Å². The van der Waals surface area contributed by atoms with Crippen LogP contribution >= 0.6 is 0 Å². The molecule has 0 aromatic carbocycles. The number of aliphatic hydroxyl groups is 2. The van der Waals surface area contributed by atoms with Gasteiger partial charge in [0.2, 0.25) is 0 Å². The van der Waals surface area contributed by atoms with Gasteiger partial charge >= 0.3 is 0 Å². The SMILES string of the molecule is OCC[C@H]1COCC[C@H](O)CO1. The van der Waals surface area contributed by atoms with Gasteiger partial charge in [-0.15, -0.1) is 0 Å². The van der Waals surface area contributed by atoms with E-state index in [0.717, 1.165) is 0 Å². The maximum atomic E-state index is 9.23. The predicted octanol–water partition coefficient (Wildman–Crippen LogP) is -0.465. The Morgan fingerprint density at radius 2 is 2.17 bits per heavy atom. The van der Waals surface area contributed by atoms with Gasteiger partial charge in [-0.2, -0.15) is 0 Å². The Bertz CT molecular complexity index is 118. The van der Waals surface area contributed by atoms with Crippen LogP contribution in [0.1, 0.15) is 12.8 Å². The molecule has 2 N–H and O–H groups in total. The van der Waals surface area contributed by atoms with E-state index in [1.165, 1.54) is 0 Å². The van der Waals surface area contributed by atoms with Gasteiger partial charge in [0.1, 0.15) is 0 Å². The largest absolute Gasteiger partial charge is 0.396 e. The molecule has 0 aromatic heterocycles. The van der Waals surface area contributed by atoms with Crippen LogP contribution in [0.25, 0.3) is 0 Å². The zero-order valence-corrected chi connectivity index (χ0v) is 7.11. The molecular formula is C8H16O4. The molecule has 4 heteroatoms. The molecule has 1 aliphatic rings. The number of aliphatic hydroxyl groups excluding tert-OH is 2. The lowest BCUT2D eigenvalue weighted by Gasteiger charge is -2.22. The molecule has 12 heavy (non-hydrogen) atoms. The van der Waals surface area contributed by atoms with Gasteiger partial charge in [-0.3, -0.25) is 0 Å². The number of ether oxygens (including phenoxy) is 2. The standard InChI is InChI=1S/C8H16O4/c9-3-1-8-6-11-4-2-7(10)5-12-8/h7-10H,1-6H2/t7-,8-/m0/s1. The van der Waals surface area contributed by atoms with Gasteiger partial charge in [0.05, 0.1) is 25.4 Å². The van der Waals surface area contributed by atoms with Crippen molar-refractivity contribution < 1.29 is 19.7 Å².